The van der Waals surface area contributed by atoms with Crippen molar-refractivity contribution in [3.8, 4) is 0 Å². The zero-order chi connectivity index (χ0) is 17.2. The lowest BCUT2D eigenvalue weighted by atomic mass is 9.94. The second-order valence-corrected chi connectivity index (χ2v) is 7.86. The zero-order valence-corrected chi connectivity index (χ0v) is 15.2. The third-order valence-electron chi connectivity index (χ3n) is 4.51. The molecule has 0 spiro atoms. The minimum atomic E-state index is 0.0174. The molecule has 0 bridgehead atoms. The van der Waals surface area contributed by atoms with Crippen molar-refractivity contribution in [2.45, 2.75) is 46.1 Å². The normalized spacial score (nSPS) is 18.9. The van der Waals surface area contributed by atoms with Gasteiger partial charge in [0.2, 0.25) is 5.89 Å². The van der Waals surface area contributed by atoms with Crippen molar-refractivity contribution in [2.75, 3.05) is 25.0 Å². The van der Waals surface area contributed by atoms with Crippen LogP contribution in [0.5, 0.6) is 0 Å². The first-order valence-corrected chi connectivity index (χ1v) is 8.74. The second-order valence-electron chi connectivity index (χ2n) is 7.86. The van der Waals surface area contributed by atoms with Gasteiger partial charge >= 0.3 is 0 Å². The summed E-state index contributed by atoms with van der Waals surface area (Å²) in [6.07, 6.45) is 4.92. The number of nitrogens with one attached hydrogen (secondary N) is 1. The van der Waals surface area contributed by atoms with E-state index >= 15 is 0 Å². The molecule has 0 aromatic carbocycles. The summed E-state index contributed by atoms with van der Waals surface area (Å²) in [5.74, 6) is 3.40. The van der Waals surface area contributed by atoms with Crippen molar-refractivity contribution in [1.29, 1.82) is 0 Å². The Labute approximate surface area is 144 Å². The van der Waals surface area contributed by atoms with Crippen LogP contribution in [-0.4, -0.2) is 34.5 Å². The van der Waals surface area contributed by atoms with E-state index in [1.54, 1.807) is 0 Å². The van der Waals surface area contributed by atoms with Crippen molar-refractivity contribution < 1.29 is 4.42 Å². The molecular weight excluding hydrogens is 300 g/mol. The maximum absolute atomic E-state index is 5.91. The molecular formula is C19H28N4O. The van der Waals surface area contributed by atoms with Gasteiger partial charge in [-0.25, -0.2) is 9.97 Å². The van der Waals surface area contributed by atoms with Gasteiger partial charge in [0.1, 0.15) is 11.6 Å². The summed E-state index contributed by atoms with van der Waals surface area (Å²) in [6.45, 7) is 12.5. The van der Waals surface area contributed by atoms with E-state index in [1.165, 1.54) is 12.0 Å². The van der Waals surface area contributed by atoms with Crippen LogP contribution in [0.15, 0.2) is 28.9 Å². The van der Waals surface area contributed by atoms with Crippen molar-refractivity contribution in [3.05, 3.63) is 41.7 Å². The molecule has 2 aromatic rings. The van der Waals surface area contributed by atoms with Crippen LogP contribution < -0.4 is 5.32 Å². The molecule has 1 saturated heterocycles. The molecule has 0 radical (unpaired) electrons. The van der Waals surface area contributed by atoms with Crippen LogP contribution in [0.2, 0.25) is 0 Å². The molecule has 1 N–H and O–H groups in total. The summed E-state index contributed by atoms with van der Waals surface area (Å²) in [5, 5.41) is 3.46. The molecule has 0 saturated carbocycles. The highest BCUT2D eigenvalue weighted by molar-refractivity contribution is 5.36. The van der Waals surface area contributed by atoms with Gasteiger partial charge in [0.15, 0.2) is 0 Å². The number of hydrogen-bond donors (Lipinski definition) is 1. The molecule has 24 heavy (non-hydrogen) atoms. The Morgan fingerprint density at radius 1 is 1.33 bits per heavy atom. The summed E-state index contributed by atoms with van der Waals surface area (Å²) in [6, 6.07) is 4.11. The van der Waals surface area contributed by atoms with Gasteiger partial charge in [0.05, 0.1) is 12.7 Å². The number of nitrogens with zero attached hydrogens (tertiary/aromatic N) is 3. The Morgan fingerprint density at radius 3 is 2.88 bits per heavy atom. The minimum absolute atomic E-state index is 0.0174. The van der Waals surface area contributed by atoms with E-state index < -0.39 is 0 Å². The monoisotopic (exact) mass is 328 g/mol. The molecule has 3 heterocycles. The third-order valence-corrected chi connectivity index (χ3v) is 4.51. The molecule has 1 fully saturated rings. The van der Waals surface area contributed by atoms with E-state index in [0.717, 1.165) is 43.6 Å². The first-order chi connectivity index (χ1) is 11.4. The largest absolute Gasteiger partial charge is 0.444 e. The smallest absolute Gasteiger partial charge is 0.208 e. The summed E-state index contributed by atoms with van der Waals surface area (Å²) in [7, 11) is 0. The Hall–Kier alpha value is -1.88. The summed E-state index contributed by atoms with van der Waals surface area (Å²) in [5.41, 5.74) is 1.25. The van der Waals surface area contributed by atoms with Crippen LogP contribution in [0.3, 0.4) is 0 Å². The third kappa shape index (κ3) is 4.35. The van der Waals surface area contributed by atoms with Crippen molar-refractivity contribution in [3.63, 3.8) is 0 Å². The summed E-state index contributed by atoms with van der Waals surface area (Å²) >= 11 is 0. The number of pyridine rings is 1. The van der Waals surface area contributed by atoms with E-state index in [9.17, 15) is 0 Å². The lowest BCUT2D eigenvalue weighted by molar-refractivity contribution is 0.270. The van der Waals surface area contributed by atoms with Crippen molar-refractivity contribution >= 4 is 5.82 Å². The summed E-state index contributed by atoms with van der Waals surface area (Å²) in [4.78, 5) is 11.2. The highest BCUT2D eigenvalue weighted by Gasteiger charge is 2.25. The number of anilines is 1. The number of aryl methyl sites for hydroxylation is 1. The molecule has 5 nitrogen and oxygen atoms in total. The van der Waals surface area contributed by atoms with Gasteiger partial charge in [-0.2, -0.15) is 0 Å². The Balaban J connectivity index is 1.48. The number of likely N-dealkylation sites (tertiary alicyclic amines) is 1. The summed E-state index contributed by atoms with van der Waals surface area (Å²) < 4.78 is 5.91. The lowest BCUT2D eigenvalue weighted by Crippen LogP contribution is -2.23. The van der Waals surface area contributed by atoms with Gasteiger partial charge in [-0.05, 0) is 43.5 Å². The molecule has 0 aliphatic carbocycles. The van der Waals surface area contributed by atoms with Gasteiger partial charge in [0.25, 0.3) is 0 Å². The fourth-order valence-electron chi connectivity index (χ4n) is 3.03. The van der Waals surface area contributed by atoms with E-state index in [-0.39, 0.29) is 5.41 Å². The van der Waals surface area contributed by atoms with Crippen LogP contribution >= 0.6 is 0 Å². The van der Waals surface area contributed by atoms with Gasteiger partial charge in [0, 0.05) is 24.7 Å². The van der Waals surface area contributed by atoms with Crippen LogP contribution in [0.1, 0.15) is 44.4 Å². The molecule has 0 amide bonds. The highest BCUT2D eigenvalue weighted by Crippen LogP contribution is 2.24. The number of hydrogen-bond acceptors (Lipinski definition) is 5. The van der Waals surface area contributed by atoms with Gasteiger partial charge in [-0.1, -0.05) is 20.8 Å². The fourth-order valence-corrected chi connectivity index (χ4v) is 3.03. The average molecular weight is 328 g/mol. The number of aromatic nitrogens is 2. The van der Waals surface area contributed by atoms with E-state index in [4.69, 9.17) is 4.42 Å². The molecule has 1 atom stereocenters. The minimum Gasteiger partial charge on any atom is -0.444 e. The molecule has 130 valence electrons. The van der Waals surface area contributed by atoms with E-state index in [0.29, 0.717) is 5.92 Å². The standard InChI is InChI=1S/C19H28N4O/c1-14-5-7-20-17(9-14)21-10-15-6-8-23(12-15)13-18-22-11-16(24-18)19(2,3)4/h5,7,9,11,15H,6,8,10,12-13H2,1-4H3,(H,20,21)/t15-/m0/s1. The van der Waals surface area contributed by atoms with Crippen LogP contribution in [0.25, 0.3) is 0 Å². The van der Waals surface area contributed by atoms with Crippen LogP contribution in [0, 0.1) is 12.8 Å². The van der Waals surface area contributed by atoms with Gasteiger partial charge < -0.3 is 9.73 Å². The first-order valence-electron chi connectivity index (χ1n) is 8.74. The molecule has 1 aliphatic heterocycles. The average Bonchev–Trinajstić information content (AvgIpc) is 3.15. The van der Waals surface area contributed by atoms with E-state index in [2.05, 4.69) is 53.9 Å². The molecule has 1 aliphatic rings. The topological polar surface area (TPSA) is 54.2 Å². The number of rotatable bonds is 5. The number of oxazole rings is 1. The van der Waals surface area contributed by atoms with Crippen molar-refractivity contribution in [1.82, 2.24) is 14.9 Å². The fraction of sp³-hybridized carbons (Fsp3) is 0.579. The van der Waals surface area contributed by atoms with Crippen LogP contribution in [-0.2, 0) is 12.0 Å². The highest BCUT2D eigenvalue weighted by atomic mass is 16.4. The maximum atomic E-state index is 5.91. The molecule has 5 heteroatoms. The van der Waals surface area contributed by atoms with E-state index in [1.807, 2.05) is 18.5 Å². The first kappa shape index (κ1) is 17.0. The second kappa shape index (κ2) is 6.93. The maximum Gasteiger partial charge on any atom is 0.208 e. The Morgan fingerprint density at radius 2 is 2.17 bits per heavy atom. The molecule has 2 aromatic heterocycles. The quantitative estimate of drug-likeness (QED) is 0.908. The SMILES string of the molecule is Cc1ccnc(NC[C@@H]2CCN(Cc3ncc(C(C)(C)C)o3)C2)c1. The Kier molecular flexibility index (Phi) is 4.90. The lowest BCUT2D eigenvalue weighted by Gasteiger charge is -2.16. The zero-order valence-electron chi connectivity index (χ0n) is 15.2. The Bertz CT molecular complexity index is 674. The predicted octanol–water partition coefficient (Wildman–Crippen LogP) is 3.61. The predicted molar refractivity (Wildman–Crippen MR) is 96.1 cm³/mol. The molecule has 0 unspecified atom stereocenters. The van der Waals surface area contributed by atoms with Gasteiger partial charge in [-0.3, -0.25) is 4.90 Å². The van der Waals surface area contributed by atoms with Crippen LogP contribution in [0.4, 0.5) is 5.82 Å². The van der Waals surface area contributed by atoms with Gasteiger partial charge in [-0.15, -0.1) is 0 Å². The molecule has 3 rings (SSSR count). The van der Waals surface area contributed by atoms with Crippen molar-refractivity contribution in [2.24, 2.45) is 5.92 Å².